The molecule has 1 aromatic heterocycles. The summed E-state index contributed by atoms with van der Waals surface area (Å²) in [5.41, 5.74) is 2.21. The summed E-state index contributed by atoms with van der Waals surface area (Å²) in [6.07, 6.45) is 4.29. The number of benzene rings is 2. The number of carboxylic acids is 1. The van der Waals surface area contributed by atoms with E-state index < -0.39 is 11.9 Å². The van der Waals surface area contributed by atoms with Gasteiger partial charge in [-0.25, -0.2) is 0 Å². The standard InChI is InChI=1S/C24H24N2O4S/c27-20(13-14-21(28)29)26-24-22(17-10-2-1-3-12-19(17)31-24)23(30)25-18-11-6-8-15-7-4-5-9-16(15)18/h4-9,11H,1-3,10,12-14H2,(H,25,30)(H,26,27)(H,28,29)/p-1. The maximum Gasteiger partial charge on any atom is 0.258 e. The zero-order chi connectivity index (χ0) is 21.8. The molecule has 2 amide bonds. The van der Waals surface area contributed by atoms with Gasteiger partial charge in [0, 0.05) is 28.3 Å². The fourth-order valence-electron chi connectivity index (χ4n) is 3.99. The lowest BCUT2D eigenvalue weighted by Gasteiger charge is -2.12. The molecule has 0 fully saturated rings. The molecule has 2 N–H and O–H groups in total. The second-order valence-electron chi connectivity index (χ2n) is 7.67. The van der Waals surface area contributed by atoms with E-state index in [1.165, 1.54) is 11.3 Å². The van der Waals surface area contributed by atoms with E-state index in [0.29, 0.717) is 16.3 Å². The summed E-state index contributed by atoms with van der Waals surface area (Å²) in [4.78, 5) is 37.5. The van der Waals surface area contributed by atoms with Crippen LogP contribution in [0.15, 0.2) is 42.5 Å². The molecule has 0 radical (unpaired) electrons. The molecule has 0 spiro atoms. The Balaban J connectivity index is 1.66. The van der Waals surface area contributed by atoms with Gasteiger partial charge in [0.05, 0.1) is 5.56 Å². The van der Waals surface area contributed by atoms with Crippen molar-refractivity contribution in [3.63, 3.8) is 0 Å². The van der Waals surface area contributed by atoms with Gasteiger partial charge in [-0.05, 0) is 49.1 Å². The van der Waals surface area contributed by atoms with Gasteiger partial charge in [-0.1, -0.05) is 42.8 Å². The second-order valence-corrected chi connectivity index (χ2v) is 8.77. The number of thiophene rings is 1. The Kier molecular flexibility index (Phi) is 6.32. The van der Waals surface area contributed by atoms with Crippen LogP contribution in [0.25, 0.3) is 10.8 Å². The first-order chi connectivity index (χ1) is 15.0. The van der Waals surface area contributed by atoms with Crippen LogP contribution in [0.1, 0.15) is 52.9 Å². The minimum absolute atomic E-state index is 0.185. The third-order valence-corrected chi connectivity index (χ3v) is 6.70. The average molecular weight is 436 g/mol. The van der Waals surface area contributed by atoms with Gasteiger partial charge in [-0.3, -0.25) is 9.59 Å². The number of rotatable bonds is 6. The molecular weight excluding hydrogens is 412 g/mol. The van der Waals surface area contributed by atoms with E-state index in [1.54, 1.807) is 0 Å². The molecule has 0 unspecified atom stereocenters. The Hall–Kier alpha value is -3.19. The maximum atomic E-state index is 13.4. The van der Waals surface area contributed by atoms with Crippen molar-refractivity contribution in [2.24, 2.45) is 0 Å². The molecule has 0 saturated heterocycles. The molecule has 2 aromatic carbocycles. The summed E-state index contributed by atoms with van der Waals surface area (Å²) >= 11 is 1.42. The van der Waals surface area contributed by atoms with E-state index >= 15 is 0 Å². The molecule has 7 heteroatoms. The zero-order valence-electron chi connectivity index (χ0n) is 17.0. The number of nitrogens with one attached hydrogen (secondary N) is 2. The highest BCUT2D eigenvalue weighted by Crippen LogP contribution is 2.38. The topological polar surface area (TPSA) is 98.3 Å². The minimum atomic E-state index is -1.27. The summed E-state index contributed by atoms with van der Waals surface area (Å²) < 4.78 is 0. The third kappa shape index (κ3) is 4.77. The van der Waals surface area contributed by atoms with Crippen molar-refractivity contribution in [3.05, 3.63) is 58.5 Å². The molecule has 6 nitrogen and oxygen atoms in total. The van der Waals surface area contributed by atoms with Crippen LogP contribution < -0.4 is 15.7 Å². The van der Waals surface area contributed by atoms with Crippen LogP contribution in [0.3, 0.4) is 0 Å². The number of hydrogen-bond donors (Lipinski definition) is 2. The summed E-state index contributed by atoms with van der Waals surface area (Å²) in [5, 5.41) is 19.0. The fourth-order valence-corrected chi connectivity index (χ4v) is 5.30. The highest BCUT2D eigenvalue weighted by Gasteiger charge is 2.26. The second kappa shape index (κ2) is 9.31. The average Bonchev–Trinajstić information content (AvgIpc) is 2.93. The van der Waals surface area contributed by atoms with Crippen molar-refractivity contribution < 1.29 is 19.5 Å². The Morgan fingerprint density at radius 2 is 1.68 bits per heavy atom. The van der Waals surface area contributed by atoms with Crippen molar-refractivity contribution in [2.75, 3.05) is 10.6 Å². The monoisotopic (exact) mass is 435 g/mol. The van der Waals surface area contributed by atoms with Crippen LogP contribution in [0.4, 0.5) is 10.7 Å². The number of carbonyl (C=O) groups excluding carboxylic acids is 3. The highest BCUT2D eigenvalue weighted by atomic mass is 32.1. The van der Waals surface area contributed by atoms with Gasteiger partial charge in [0.1, 0.15) is 5.00 Å². The Morgan fingerprint density at radius 1 is 0.903 bits per heavy atom. The number of hydrogen-bond acceptors (Lipinski definition) is 5. The van der Waals surface area contributed by atoms with E-state index in [1.807, 2.05) is 42.5 Å². The zero-order valence-corrected chi connectivity index (χ0v) is 17.8. The van der Waals surface area contributed by atoms with Crippen molar-refractivity contribution in [1.29, 1.82) is 0 Å². The molecule has 0 bridgehead atoms. The molecule has 1 heterocycles. The SMILES string of the molecule is O=C([O-])CCC(=O)Nc1sc2c(c1C(=O)Nc1cccc3ccccc13)CCCCC2. The molecular formula is C24H23N2O4S-. The van der Waals surface area contributed by atoms with Crippen LogP contribution >= 0.6 is 11.3 Å². The van der Waals surface area contributed by atoms with Gasteiger partial charge < -0.3 is 20.5 Å². The molecule has 3 aromatic rings. The van der Waals surface area contributed by atoms with Crippen LogP contribution in [-0.2, 0) is 22.4 Å². The van der Waals surface area contributed by atoms with Gasteiger partial charge in [-0.15, -0.1) is 11.3 Å². The number of carbonyl (C=O) groups is 3. The first kappa shape index (κ1) is 21.1. The summed E-state index contributed by atoms with van der Waals surface area (Å²) in [6, 6.07) is 13.6. The lowest BCUT2D eigenvalue weighted by molar-refractivity contribution is -0.305. The number of amides is 2. The van der Waals surface area contributed by atoms with Crippen LogP contribution in [0.2, 0.25) is 0 Å². The Labute approximate surface area is 184 Å². The lowest BCUT2D eigenvalue weighted by Crippen LogP contribution is -2.24. The normalized spacial score (nSPS) is 13.3. The van der Waals surface area contributed by atoms with Gasteiger partial charge in [-0.2, -0.15) is 0 Å². The van der Waals surface area contributed by atoms with E-state index in [0.717, 1.165) is 53.3 Å². The first-order valence-electron chi connectivity index (χ1n) is 10.5. The van der Waals surface area contributed by atoms with E-state index in [-0.39, 0.29) is 18.7 Å². The molecule has 1 aliphatic carbocycles. The maximum absolute atomic E-state index is 13.4. The summed E-state index contributed by atoms with van der Waals surface area (Å²) in [7, 11) is 0. The Bertz CT molecular complexity index is 1150. The largest absolute Gasteiger partial charge is 0.550 e. The van der Waals surface area contributed by atoms with Crippen LogP contribution in [0.5, 0.6) is 0 Å². The number of carboxylic acid groups (broad SMARTS) is 1. The molecule has 0 atom stereocenters. The molecule has 0 aliphatic heterocycles. The van der Waals surface area contributed by atoms with Gasteiger partial charge in [0.25, 0.3) is 5.91 Å². The number of aliphatic carboxylic acids is 1. The first-order valence-corrected chi connectivity index (χ1v) is 11.3. The Morgan fingerprint density at radius 3 is 2.52 bits per heavy atom. The molecule has 160 valence electrons. The third-order valence-electron chi connectivity index (χ3n) is 5.50. The van der Waals surface area contributed by atoms with Crippen LogP contribution in [-0.4, -0.2) is 17.8 Å². The summed E-state index contributed by atoms with van der Waals surface area (Å²) in [5.74, 6) is -1.96. The van der Waals surface area contributed by atoms with Crippen molar-refractivity contribution in [2.45, 2.75) is 44.9 Å². The van der Waals surface area contributed by atoms with Crippen molar-refractivity contribution >= 4 is 50.6 Å². The van der Waals surface area contributed by atoms with E-state index in [4.69, 9.17) is 0 Å². The predicted octanol–water partition coefficient (Wildman–Crippen LogP) is 3.89. The molecule has 4 rings (SSSR count). The van der Waals surface area contributed by atoms with Crippen molar-refractivity contribution in [3.8, 4) is 0 Å². The van der Waals surface area contributed by atoms with Crippen molar-refractivity contribution in [1.82, 2.24) is 0 Å². The molecule has 31 heavy (non-hydrogen) atoms. The number of fused-ring (bicyclic) bond motifs is 2. The van der Waals surface area contributed by atoms with E-state index in [2.05, 4.69) is 10.6 Å². The quantitative estimate of drug-likeness (QED) is 0.574. The smallest absolute Gasteiger partial charge is 0.258 e. The molecule has 0 saturated carbocycles. The van der Waals surface area contributed by atoms with Crippen LogP contribution in [0, 0.1) is 0 Å². The van der Waals surface area contributed by atoms with Gasteiger partial charge >= 0.3 is 0 Å². The highest BCUT2D eigenvalue weighted by molar-refractivity contribution is 7.17. The number of aryl methyl sites for hydroxylation is 1. The lowest BCUT2D eigenvalue weighted by atomic mass is 10.0. The number of anilines is 2. The predicted molar refractivity (Wildman–Crippen MR) is 120 cm³/mol. The van der Waals surface area contributed by atoms with Gasteiger partial charge in [0.2, 0.25) is 5.91 Å². The minimum Gasteiger partial charge on any atom is -0.550 e. The van der Waals surface area contributed by atoms with Gasteiger partial charge in [0.15, 0.2) is 0 Å². The summed E-state index contributed by atoms with van der Waals surface area (Å²) in [6.45, 7) is 0. The molecule has 1 aliphatic rings. The van der Waals surface area contributed by atoms with E-state index in [9.17, 15) is 19.5 Å². The fraction of sp³-hybridized carbons (Fsp3) is 0.292.